The van der Waals surface area contributed by atoms with E-state index in [4.69, 9.17) is 0 Å². The van der Waals surface area contributed by atoms with Crippen LogP contribution in [0.1, 0.15) is 71.6 Å². The highest BCUT2D eigenvalue weighted by Gasteiger charge is 2.29. The lowest BCUT2D eigenvalue weighted by molar-refractivity contribution is 0.154. The standard InChI is InChI=1S/C17H30/c1-3-5-15-8-12-17(13-9-15)16-10-6-14(4-2)7-11-16/h3,5,14-17H,4,6-13H2,1-2H3/b5-3+. The molecule has 0 heteroatoms. The second-order valence-corrected chi connectivity index (χ2v) is 6.39. The quantitative estimate of drug-likeness (QED) is 0.559. The fraction of sp³-hybridized carbons (Fsp3) is 0.882. The van der Waals surface area contributed by atoms with Gasteiger partial charge < -0.3 is 0 Å². The monoisotopic (exact) mass is 234 g/mol. The Kier molecular flexibility index (Phi) is 5.13. The van der Waals surface area contributed by atoms with Gasteiger partial charge in [-0.15, -0.1) is 0 Å². The molecule has 2 saturated carbocycles. The van der Waals surface area contributed by atoms with Crippen molar-refractivity contribution < 1.29 is 0 Å². The SMILES string of the molecule is C/C=C/C1CCC(C2CCC(CC)CC2)CC1. The van der Waals surface area contributed by atoms with Crippen LogP contribution in [0, 0.1) is 23.7 Å². The van der Waals surface area contributed by atoms with Gasteiger partial charge in [0.1, 0.15) is 0 Å². The van der Waals surface area contributed by atoms with Gasteiger partial charge in [-0.1, -0.05) is 38.3 Å². The van der Waals surface area contributed by atoms with E-state index in [0.29, 0.717) is 0 Å². The Morgan fingerprint density at radius 1 is 0.824 bits per heavy atom. The maximum atomic E-state index is 2.43. The predicted octanol–water partition coefficient (Wildman–Crippen LogP) is 5.59. The van der Waals surface area contributed by atoms with E-state index in [0.717, 1.165) is 23.7 Å². The van der Waals surface area contributed by atoms with Crippen molar-refractivity contribution in [1.29, 1.82) is 0 Å². The number of allylic oxidation sites excluding steroid dienone is 2. The molecule has 0 saturated heterocycles. The van der Waals surface area contributed by atoms with E-state index in [2.05, 4.69) is 26.0 Å². The molecule has 0 aromatic heterocycles. The van der Waals surface area contributed by atoms with Gasteiger partial charge in [-0.25, -0.2) is 0 Å². The minimum atomic E-state index is 0.906. The summed E-state index contributed by atoms with van der Waals surface area (Å²) in [6, 6.07) is 0. The van der Waals surface area contributed by atoms with Gasteiger partial charge in [-0.3, -0.25) is 0 Å². The van der Waals surface area contributed by atoms with Gasteiger partial charge in [0.05, 0.1) is 0 Å². The summed E-state index contributed by atoms with van der Waals surface area (Å²) in [5.74, 6) is 4.13. The molecule has 0 unspecified atom stereocenters. The van der Waals surface area contributed by atoms with Crippen molar-refractivity contribution in [3.05, 3.63) is 12.2 Å². The van der Waals surface area contributed by atoms with Gasteiger partial charge in [0.15, 0.2) is 0 Å². The van der Waals surface area contributed by atoms with Crippen molar-refractivity contribution in [1.82, 2.24) is 0 Å². The Hall–Kier alpha value is -0.260. The van der Waals surface area contributed by atoms with Crippen molar-refractivity contribution in [3.63, 3.8) is 0 Å². The summed E-state index contributed by atoms with van der Waals surface area (Å²) < 4.78 is 0. The average Bonchev–Trinajstić information content (AvgIpc) is 2.40. The lowest BCUT2D eigenvalue weighted by Gasteiger charge is -2.37. The maximum absolute atomic E-state index is 2.43. The van der Waals surface area contributed by atoms with Crippen LogP contribution in [-0.4, -0.2) is 0 Å². The minimum Gasteiger partial charge on any atom is -0.0914 e. The van der Waals surface area contributed by atoms with Gasteiger partial charge in [0.25, 0.3) is 0 Å². The molecule has 2 rings (SSSR count). The largest absolute Gasteiger partial charge is 0.0914 e. The molecule has 98 valence electrons. The zero-order valence-corrected chi connectivity index (χ0v) is 11.8. The zero-order chi connectivity index (χ0) is 12.1. The van der Waals surface area contributed by atoms with Crippen molar-refractivity contribution in [2.75, 3.05) is 0 Å². The summed E-state index contributed by atoms with van der Waals surface area (Å²) in [5, 5.41) is 0. The Morgan fingerprint density at radius 3 is 1.82 bits per heavy atom. The van der Waals surface area contributed by atoms with E-state index in [1.807, 2.05) is 0 Å². The lowest BCUT2D eigenvalue weighted by atomic mass is 9.69. The second-order valence-electron chi connectivity index (χ2n) is 6.39. The molecular formula is C17H30. The lowest BCUT2D eigenvalue weighted by Crippen LogP contribution is -2.25. The summed E-state index contributed by atoms with van der Waals surface area (Å²) in [6.45, 7) is 4.53. The molecule has 2 aliphatic carbocycles. The normalized spacial score (nSPS) is 39.6. The third-order valence-corrected chi connectivity index (χ3v) is 5.42. The molecule has 0 aromatic rings. The van der Waals surface area contributed by atoms with Crippen LogP contribution in [0.15, 0.2) is 12.2 Å². The highest BCUT2D eigenvalue weighted by molar-refractivity contribution is 4.90. The van der Waals surface area contributed by atoms with Gasteiger partial charge in [0, 0.05) is 0 Å². The minimum absolute atomic E-state index is 0.906. The van der Waals surface area contributed by atoms with E-state index >= 15 is 0 Å². The molecule has 2 aliphatic rings. The highest BCUT2D eigenvalue weighted by Crippen LogP contribution is 2.42. The van der Waals surface area contributed by atoms with Crippen LogP contribution in [0.25, 0.3) is 0 Å². The van der Waals surface area contributed by atoms with Crippen LogP contribution < -0.4 is 0 Å². The number of hydrogen-bond acceptors (Lipinski definition) is 0. The zero-order valence-electron chi connectivity index (χ0n) is 11.8. The molecule has 0 amide bonds. The topological polar surface area (TPSA) is 0 Å². The Balaban J connectivity index is 1.74. The summed E-state index contributed by atoms with van der Waals surface area (Å²) in [6.07, 6.45) is 18.2. The van der Waals surface area contributed by atoms with Crippen molar-refractivity contribution in [2.24, 2.45) is 23.7 Å². The number of rotatable bonds is 3. The first-order valence-electron chi connectivity index (χ1n) is 7.96. The smallest absolute Gasteiger partial charge is 0.0233 e. The van der Waals surface area contributed by atoms with Crippen LogP contribution in [-0.2, 0) is 0 Å². The Bertz CT molecular complexity index is 224. The summed E-state index contributed by atoms with van der Waals surface area (Å²) in [7, 11) is 0. The maximum Gasteiger partial charge on any atom is -0.0233 e. The summed E-state index contributed by atoms with van der Waals surface area (Å²) in [5.41, 5.74) is 0. The second kappa shape index (κ2) is 6.61. The molecule has 0 radical (unpaired) electrons. The van der Waals surface area contributed by atoms with Crippen LogP contribution in [0.2, 0.25) is 0 Å². The van der Waals surface area contributed by atoms with Crippen molar-refractivity contribution in [2.45, 2.75) is 71.6 Å². The van der Waals surface area contributed by atoms with Crippen molar-refractivity contribution >= 4 is 0 Å². The molecule has 0 bridgehead atoms. The van der Waals surface area contributed by atoms with Crippen LogP contribution >= 0.6 is 0 Å². The Labute approximate surface area is 108 Å². The van der Waals surface area contributed by atoms with Crippen LogP contribution in [0.3, 0.4) is 0 Å². The van der Waals surface area contributed by atoms with E-state index in [-0.39, 0.29) is 0 Å². The fourth-order valence-electron chi connectivity index (χ4n) is 4.15. The van der Waals surface area contributed by atoms with Gasteiger partial charge in [0.2, 0.25) is 0 Å². The fourth-order valence-corrected chi connectivity index (χ4v) is 4.15. The third-order valence-electron chi connectivity index (χ3n) is 5.42. The third kappa shape index (κ3) is 3.60. The number of hydrogen-bond donors (Lipinski definition) is 0. The van der Waals surface area contributed by atoms with Gasteiger partial charge >= 0.3 is 0 Å². The van der Waals surface area contributed by atoms with E-state index < -0.39 is 0 Å². The predicted molar refractivity (Wildman–Crippen MR) is 76.0 cm³/mol. The average molecular weight is 234 g/mol. The molecule has 0 nitrogen and oxygen atoms in total. The first kappa shape index (κ1) is 13.2. The summed E-state index contributed by atoms with van der Waals surface area (Å²) >= 11 is 0. The molecule has 0 aromatic carbocycles. The molecule has 0 aliphatic heterocycles. The molecule has 0 N–H and O–H groups in total. The van der Waals surface area contributed by atoms with Gasteiger partial charge in [-0.05, 0) is 69.1 Å². The van der Waals surface area contributed by atoms with Gasteiger partial charge in [-0.2, -0.15) is 0 Å². The molecule has 0 atom stereocenters. The molecule has 2 fully saturated rings. The van der Waals surface area contributed by atoms with Crippen molar-refractivity contribution in [3.8, 4) is 0 Å². The molecule has 0 heterocycles. The first-order valence-corrected chi connectivity index (χ1v) is 7.96. The summed E-state index contributed by atoms with van der Waals surface area (Å²) in [4.78, 5) is 0. The molecule has 17 heavy (non-hydrogen) atoms. The first-order chi connectivity index (χ1) is 8.33. The van der Waals surface area contributed by atoms with E-state index in [1.165, 1.54) is 57.8 Å². The molecule has 0 spiro atoms. The van der Waals surface area contributed by atoms with E-state index in [1.54, 1.807) is 0 Å². The molecular weight excluding hydrogens is 204 g/mol. The van der Waals surface area contributed by atoms with Crippen LogP contribution in [0.4, 0.5) is 0 Å². The highest BCUT2D eigenvalue weighted by atomic mass is 14.3. The van der Waals surface area contributed by atoms with E-state index in [9.17, 15) is 0 Å². The van der Waals surface area contributed by atoms with Crippen LogP contribution in [0.5, 0.6) is 0 Å². The Morgan fingerprint density at radius 2 is 1.35 bits per heavy atom.